The second-order valence-corrected chi connectivity index (χ2v) is 4.94. The molecule has 0 aliphatic carbocycles. The normalized spacial score (nSPS) is 19.8. The van der Waals surface area contributed by atoms with Crippen LogP contribution in [0.4, 0.5) is 5.82 Å². The van der Waals surface area contributed by atoms with Crippen LogP contribution < -0.4 is 10.1 Å². The highest BCUT2D eigenvalue weighted by molar-refractivity contribution is 7.99. The fourth-order valence-corrected chi connectivity index (χ4v) is 2.86. The van der Waals surface area contributed by atoms with Crippen LogP contribution in [-0.4, -0.2) is 34.1 Å². The van der Waals surface area contributed by atoms with Gasteiger partial charge in [0.15, 0.2) is 0 Å². The van der Waals surface area contributed by atoms with Crippen molar-refractivity contribution in [2.75, 3.05) is 23.4 Å². The monoisotopic (exact) mass is 239 g/mol. The Morgan fingerprint density at radius 1 is 1.56 bits per heavy atom. The van der Waals surface area contributed by atoms with Crippen molar-refractivity contribution in [3.8, 4) is 5.88 Å². The summed E-state index contributed by atoms with van der Waals surface area (Å²) in [5.41, 5.74) is 1.00. The number of thioether (sulfide) groups is 1. The van der Waals surface area contributed by atoms with Gasteiger partial charge in [-0.25, -0.2) is 9.97 Å². The van der Waals surface area contributed by atoms with Gasteiger partial charge in [-0.15, -0.1) is 0 Å². The summed E-state index contributed by atoms with van der Waals surface area (Å²) in [5, 5.41) is 3.46. The molecule has 1 unspecified atom stereocenters. The molecule has 4 nitrogen and oxygen atoms in total. The van der Waals surface area contributed by atoms with E-state index in [1.165, 1.54) is 12.2 Å². The van der Waals surface area contributed by atoms with Gasteiger partial charge in [0.2, 0.25) is 5.88 Å². The van der Waals surface area contributed by atoms with Crippen molar-refractivity contribution in [2.45, 2.75) is 26.3 Å². The van der Waals surface area contributed by atoms with E-state index in [0.717, 1.165) is 17.1 Å². The fourth-order valence-electron chi connectivity index (χ4n) is 1.70. The van der Waals surface area contributed by atoms with Crippen molar-refractivity contribution in [2.24, 2.45) is 0 Å². The Labute approximate surface area is 100 Å². The maximum absolute atomic E-state index is 5.45. The Bertz CT molecular complexity index is 353. The lowest BCUT2D eigenvalue weighted by atomic mass is 10.2. The first-order valence-electron chi connectivity index (χ1n) is 5.60. The Morgan fingerprint density at radius 3 is 3.12 bits per heavy atom. The first kappa shape index (κ1) is 11.5. The highest BCUT2D eigenvalue weighted by Crippen LogP contribution is 2.25. The van der Waals surface area contributed by atoms with Crippen LogP contribution in [0.5, 0.6) is 5.88 Å². The molecule has 1 aromatic rings. The van der Waals surface area contributed by atoms with E-state index in [2.05, 4.69) is 15.3 Å². The molecular formula is C11H17N3OS. The highest BCUT2D eigenvalue weighted by atomic mass is 32.2. The van der Waals surface area contributed by atoms with Crippen molar-refractivity contribution < 1.29 is 4.74 Å². The molecule has 16 heavy (non-hydrogen) atoms. The zero-order valence-corrected chi connectivity index (χ0v) is 10.5. The largest absolute Gasteiger partial charge is 0.478 e. The topological polar surface area (TPSA) is 47.0 Å². The van der Waals surface area contributed by atoms with Gasteiger partial charge in [0, 0.05) is 11.8 Å². The number of hydrogen-bond acceptors (Lipinski definition) is 5. The van der Waals surface area contributed by atoms with E-state index in [1.807, 2.05) is 25.6 Å². The van der Waals surface area contributed by atoms with Crippen molar-refractivity contribution in [1.82, 2.24) is 9.97 Å². The van der Waals surface area contributed by atoms with Crippen LogP contribution in [0.1, 0.15) is 18.9 Å². The van der Waals surface area contributed by atoms with Crippen LogP contribution >= 0.6 is 11.8 Å². The highest BCUT2D eigenvalue weighted by Gasteiger charge is 2.17. The summed E-state index contributed by atoms with van der Waals surface area (Å²) < 4.78 is 5.45. The minimum absolute atomic E-state index is 0.535. The summed E-state index contributed by atoms with van der Waals surface area (Å²) in [6.45, 7) is 4.59. The minimum atomic E-state index is 0.535. The molecule has 1 fully saturated rings. The van der Waals surface area contributed by atoms with E-state index in [-0.39, 0.29) is 0 Å². The molecule has 0 aromatic carbocycles. The Kier molecular flexibility index (Phi) is 3.88. The van der Waals surface area contributed by atoms with E-state index >= 15 is 0 Å². The van der Waals surface area contributed by atoms with Gasteiger partial charge in [0.05, 0.1) is 12.2 Å². The molecule has 1 N–H and O–H groups in total. The van der Waals surface area contributed by atoms with Crippen LogP contribution in [-0.2, 0) is 0 Å². The molecule has 1 aliphatic rings. The van der Waals surface area contributed by atoms with Gasteiger partial charge in [0.25, 0.3) is 0 Å². The van der Waals surface area contributed by atoms with Gasteiger partial charge in [-0.05, 0) is 26.0 Å². The summed E-state index contributed by atoms with van der Waals surface area (Å²) >= 11 is 1.98. The molecular weight excluding hydrogens is 222 g/mol. The van der Waals surface area contributed by atoms with Crippen LogP contribution in [0.25, 0.3) is 0 Å². The lowest BCUT2D eigenvalue weighted by Crippen LogP contribution is -2.20. The van der Waals surface area contributed by atoms with E-state index in [4.69, 9.17) is 4.74 Å². The predicted octanol–water partition coefficient (Wildman–Crippen LogP) is 2.10. The third-order valence-corrected chi connectivity index (χ3v) is 3.75. The third-order valence-electron chi connectivity index (χ3n) is 2.59. The van der Waals surface area contributed by atoms with Crippen molar-refractivity contribution in [1.29, 1.82) is 0 Å². The number of aromatic nitrogens is 2. The van der Waals surface area contributed by atoms with E-state index < -0.39 is 0 Å². The second-order valence-electron chi connectivity index (χ2n) is 3.79. The van der Waals surface area contributed by atoms with E-state index in [9.17, 15) is 0 Å². The zero-order chi connectivity index (χ0) is 11.4. The van der Waals surface area contributed by atoms with E-state index in [1.54, 1.807) is 6.33 Å². The summed E-state index contributed by atoms with van der Waals surface area (Å²) in [4.78, 5) is 8.40. The van der Waals surface area contributed by atoms with Gasteiger partial charge in [-0.2, -0.15) is 11.8 Å². The molecule has 1 atom stereocenters. The van der Waals surface area contributed by atoms with Gasteiger partial charge in [-0.3, -0.25) is 0 Å². The fraction of sp³-hybridized carbons (Fsp3) is 0.636. The smallest absolute Gasteiger partial charge is 0.221 e. The van der Waals surface area contributed by atoms with E-state index in [0.29, 0.717) is 18.5 Å². The van der Waals surface area contributed by atoms with Gasteiger partial charge < -0.3 is 10.1 Å². The average molecular weight is 239 g/mol. The second kappa shape index (κ2) is 5.39. The molecule has 5 heteroatoms. The first-order chi connectivity index (χ1) is 7.81. The molecule has 0 amide bonds. The molecule has 1 saturated heterocycles. The molecule has 0 saturated carbocycles. The summed E-state index contributed by atoms with van der Waals surface area (Å²) in [5.74, 6) is 3.99. The van der Waals surface area contributed by atoms with Gasteiger partial charge >= 0.3 is 0 Å². The number of hydrogen-bond donors (Lipinski definition) is 1. The standard InChI is InChI=1S/C11H17N3OS/c1-3-15-11-8(2)10(12-7-13-11)14-9-4-5-16-6-9/h7,9H,3-6H2,1-2H3,(H,12,13,14). The quantitative estimate of drug-likeness (QED) is 0.872. The van der Waals surface area contributed by atoms with Crippen LogP contribution in [0, 0.1) is 6.92 Å². The Hall–Kier alpha value is -0.970. The molecule has 1 aromatic heterocycles. The Morgan fingerprint density at radius 2 is 2.44 bits per heavy atom. The summed E-state index contributed by atoms with van der Waals surface area (Å²) in [7, 11) is 0. The number of anilines is 1. The number of nitrogens with zero attached hydrogens (tertiary/aromatic N) is 2. The van der Waals surface area contributed by atoms with Gasteiger partial charge in [-0.1, -0.05) is 0 Å². The maximum atomic E-state index is 5.45. The molecule has 88 valence electrons. The SMILES string of the molecule is CCOc1ncnc(NC2CCSC2)c1C. The van der Waals surface area contributed by atoms with Crippen LogP contribution in [0.3, 0.4) is 0 Å². The molecule has 0 radical (unpaired) electrons. The lowest BCUT2D eigenvalue weighted by molar-refractivity contribution is 0.324. The summed E-state index contributed by atoms with van der Waals surface area (Å²) in [6.07, 6.45) is 2.76. The Balaban J connectivity index is 2.10. The predicted molar refractivity (Wildman–Crippen MR) is 67.3 cm³/mol. The summed E-state index contributed by atoms with van der Waals surface area (Å²) in [6, 6.07) is 0.535. The lowest BCUT2D eigenvalue weighted by Gasteiger charge is -2.15. The zero-order valence-electron chi connectivity index (χ0n) is 9.69. The average Bonchev–Trinajstić information content (AvgIpc) is 2.77. The number of nitrogens with one attached hydrogen (secondary N) is 1. The molecule has 2 heterocycles. The molecule has 0 bridgehead atoms. The molecule has 2 rings (SSSR count). The molecule has 0 spiro atoms. The number of ether oxygens (including phenoxy) is 1. The van der Waals surface area contributed by atoms with Crippen molar-refractivity contribution in [3.05, 3.63) is 11.9 Å². The van der Waals surface area contributed by atoms with Crippen LogP contribution in [0.2, 0.25) is 0 Å². The minimum Gasteiger partial charge on any atom is -0.478 e. The first-order valence-corrected chi connectivity index (χ1v) is 6.75. The van der Waals surface area contributed by atoms with Crippen molar-refractivity contribution in [3.63, 3.8) is 0 Å². The maximum Gasteiger partial charge on any atom is 0.221 e. The number of rotatable bonds is 4. The van der Waals surface area contributed by atoms with Crippen molar-refractivity contribution >= 4 is 17.6 Å². The van der Waals surface area contributed by atoms with Gasteiger partial charge in [0.1, 0.15) is 12.1 Å². The van der Waals surface area contributed by atoms with Crippen LogP contribution in [0.15, 0.2) is 6.33 Å². The molecule has 1 aliphatic heterocycles. The third kappa shape index (κ3) is 2.58.